The van der Waals surface area contributed by atoms with Gasteiger partial charge in [0.15, 0.2) is 9.84 Å². The molecule has 0 saturated carbocycles. The number of ether oxygens (including phenoxy) is 1. The summed E-state index contributed by atoms with van der Waals surface area (Å²) in [6.07, 6.45) is 0. The third-order valence-corrected chi connectivity index (χ3v) is 5.72. The van der Waals surface area contributed by atoms with E-state index < -0.39 is 25.9 Å². The number of carbonyl (C=O) groups is 1. The van der Waals surface area contributed by atoms with Crippen molar-refractivity contribution in [1.82, 2.24) is 0 Å². The minimum atomic E-state index is -3.98. The molecule has 1 atom stereocenters. The molecule has 1 N–H and O–H groups in total. The lowest BCUT2D eigenvalue weighted by atomic mass is 10.3. The molecule has 0 aliphatic heterocycles. The van der Waals surface area contributed by atoms with E-state index in [0.717, 1.165) is 24.3 Å². The van der Waals surface area contributed by atoms with Crippen molar-refractivity contribution < 1.29 is 22.9 Å². The summed E-state index contributed by atoms with van der Waals surface area (Å²) in [4.78, 5) is 22.2. The van der Waals surface area contributed by atoms with Gasteiger partial charge < -0.3 is 10.1 Å². The first-order valence-electron chi connectivity index (χ1n) is 7.77. The summed E-state index contributed by atoms with van der Waals surface area (Å²) in [5, 5.41) is 11.8. The predicted octanol–water partition coefficient (Wildman–Crippen LogP) is 2.79. The Bertz CT molecular complexity index is 892. The fraction of sp³-hybridized carbons (Fsp3) is 0.235. The van der Waals surface area contributed by atoms with E-state index in [-0.39, 0.29) is 10.6 Å². The number of non-ortho nitro benzene ring substituents is 1. The number of rotatable bonds is 7. The van der Waals surface area contributed by atoms with Crippen LogP contribution >= 0.6 is 0 Å². The van der Waals surface area contributed by atoms with Crippen LogP contribution in [0.2, 0.25) is 0 Å². The Labute approximate surface area is 150 Å². The first kappa shape index (κ1) is 19.4. The van der Waals surface area contributed by atoms with E-state index in [0.29, 0.717) is 18.0 Å². The van der Waals surface area contributed by atoms with Crippen LogP contribution in [0.1, 0.15) is 13.8 Å². The smallest absolute Gasteiger partial charge is 0.269 e. The number of hydrogen-bond acceptors (Lipinski definition) is 6. The SMILES string of the molecule is CCOc1ccc(NC(=O)[C@@H](C)S(=O)(=O)c2ccc([N+](=O)[O-])cc2)cc1. The van der Waals surface area contributed by atoms with Gasteiger partial charge in [0.2, 0.25) is 5.91 Å². The maximum absolute atomic E-state index is 12.5. The van der Waals surface area contributed by atoms with Gasteiger partial charge in [-0.15, -0.1) is 0 Å². The molecule has 0 aromatic heterocycles. The van der Waals surface area contributed by atoms with Crippen molar-refractivity contribution in [2.24, 2.45) is 0 Å². The lowest BCUT2D eigenvalue weighted by molar-refractivity contribution is -0.384. The lowest BCUT2D eigenvalue weighted by Gasteiger charge is -2.14. The molecule has 0 fully saturated rings. The standard InChI is InChI=1S/C17H18N2O6S/c1-3-25-15-8-4-13(5-9-15)18-17(20)12(2)26(23,24)16-10-6-14(7-11-16)19(21)22/h4-12H,3H2,1-2H3,(H,18,20)/t12-/m1/s1. The Balaban J connectivity index is 2.13. The summed E-state index contributed by atoms with van der Waals surface area (Å²) < 4.78 is 30.4. The molecule has 0 bridgehead atoms. The Morgan fingerprint density at radius 3 is 2.23 bits per heavy atom. The van der Waals surface area contributed by atoms with Crippen molar-refractivity contribution >= 4 is 27.1 Å². The molecule has 8 nitrogen and oxygen atoms in total. The van der Waals surface area contributed by atoms with Crippen LogP contribution in [0.4, 0.5) is 11.4 Å². The summed E-state index contributed by atoms with van der Waals surface area (Å²) in [7, 11) is -3.98. The van der Waals surface area contributed by atoms with Gasteiger partial charge >= 0.3 is 0 Å². The number of nitrogens with one attached hydrogen (secondary N) is 1. The van der Waals surface area contributed by atoms with Crippen LogP contribution in [-0.2, 0) is 14.6 Å². The highest BCUT2D eigenvalue weighted by Crippen LogP contribution is 2.21. The van der Waals surface area contributed by atoms with Crippen LogP contribution < -0.4 is 10.1 Å². The number of nitro groups is 1. The van der Waals surface area contributed by atoms with Crippen molar-refractivity contribution in [2.75, 3.05) is 11.9 Å². The van der Waals surface area contributed by atoms with E-state index in [1.54, 1.807) is 24.3 Å². The molecule has 138 valence electrons. The van der Waals surface area contributed by atoms with Crippen molar-refractivity contribution in [3.8, 4) is 5.75 Å². The van der Waals surface area contributed by atoms with E-state index in [1.165, 1.54) is 6.92 Å². The number of nitro benzene ring substituents is 1. The second-order valence-electron chi connectivity index (χ2n) is 5.38. The summed E-state index contributed by atoms with van der Waals surface area (Å²) >= 11 is 0. The third kappa shape index (κ3) is 4.37. The van der Waals surface area contributed by atoms with Gasteiger partial charge in [0.05, 0.1) is 16.4 Å². The van der Waals surface area contributed by atoms with Crippen LogP contribution in [-0.4, -0.2) is 31.1 Å². The molecule has 0 spiro atoms. The van der Waals surface area contributed by atoms with Crippen LogP contribution in [0.3, 0.4) is 0 Å². The van der Waals surface area contributed by atoms with Gasteiger partial charge in [-0.2, -0.15) is 0 Å². The van der Waals surface area contributed by atoms with Gasteiger partial charge in [-0.1, -0.05) is 0 Å². The highest BCUT2D eigenvalue weighted by atomic mass is 32.2. The van der Waals surface area contributed by atoms with Crippen molar-refractivity contribution in [1.29, 1.82) is 0 Å². The Morgan fingerprint density at radius 1 is 1.15 bits per heavy atom. The maximum Gasteiger partial charge on any atom is 0.269 e. The minimum absolute atomic E-state index is 0.155. The number of anilines is 1. The Hall–Kier alpha value is -2.94. The van der Waals surface area contributed by atoms with Crippen molar-refractivity contribution in [2.45, 2.75) is 24.0 Å². The van der Waals surface area contributed by atoms with Gasteiger partial charge in [0.25, 0.3) is 5.69 Å². The van der Waals surface area contributed by atoms with Crippen molar-refractivity contribution in [3.63, 3.8) is 0 Å². The highest BCUT2D eigenvalue weighted by molar-refractivity contribution is 7.92. The van der Waals surface area contributed by atoms with E-state index in [4.69, 9.17) is 4.74 Å². The molecule has 2 aromatic rings. The van der Waals surface area contributed by atoms with Gasteiger partial charge in [-0.05, 0) is 50.2 Å². The minimum Gasteiger partial charge on any atom is -0.494 e. The van der Waals surface area contributed by atoms with E-state index >= 15 is 0 Å². The Kier molecular flexibility index (Phi) is 5.93. The van der Waals surface area contributed by atoms with Crippen LogP contribution in [0.25, 0.3) is 0 Å². The monoisotopic (exact) mass is 378 g/mol. The average Bonchev–Trinajstić information content (AvgIpc) is 2.63. The predicted molar refractivity (Wildman–Crippen MR) is 96.0 cm³/mol. The molecule has 26 heavy (non-hydrogen) atoms. The zero-order chi connectivity index (χ0) is 19.3. The third-order valence-electron chi connectivity index (χ3n) is 3.64. The summed E-state index contributed by atoms with van der Waals surface area (Å²) in [6.45, 7) is 3.62. The zero-order valence-electron chi connectivity index (χ0n) is 14.2. The van der Waals surface area contributed by atoms with E-state index in [2.05, 4.69) is 5.32 Å². The topological polar surface area (TPSA) is 116 Å². The largest absolute Gasteiger partial charge is 0.494 e. The van der Waals surface area contributed by atoms with Crippen LogP contribution in [0.5, 0.6) is 5.75 Å². The van der Waals surface area contributed by atoms with Crippen molar-refractivity contribution in [3.05, 3.63) is 58.6 Å². The second-order valence-corrected chi connectivity index (χ2v) is 7.65. The first-order valence-corrected chi connectivity index (χ1v) is 9.32. The number of amides is 1. The van der Waals surface area contributed by atoms with E-state index in [9.17, 15) is 23.3 Å². The number of benzene rings is 2. The second kappa shape index (κ2) is 7.96. The fourth-order valence-corrected chi connectivity index (χ4v) is 3.41. The van der Waals surface area contributed by atoms with Crippen LogP contribution in [0, 0.1) is 10.1 Å². The first-order chi connectivity index (χ1) is 12.3. The summed E-state index contributed by atoms with van der Waals surface area (Å²) in [5.41, 5.74) is 0.208. The molecule has 9 heteroatoms. The quantitative estimate of drug-likeness (QED) is 0.585. The number of hydrogen-bond donors (Lipinski definition) is 1. The molecule has 2 aromatic carbocycles. The van der Waals surface area contributed by atoms with Gasteiger partial charge in [-0.3, -0.25) is 14.9 Å². The molecule has 1 amide bonds. The molecule has 0 heterocycles. The summed E-state index contributed by atoms with van der Waals surface area (Å²) in [5.74, 6) is -0.0652. The molecule has 0 aliphatic rings. The van der Waals surface area contributed by atoms with Crippen LogP contribution in [0.15, 0.2) is 53.4 Å². The number of nitrogens with zero attached hydrogens (tertiary/aromatic N) is 1. The number of carbonyl (C=O) groups excluding carboxylic acids is 1. The highest BCUT2D eigenvalue weighted by Gasteiger charge is 2.30. The molecule has 2 rings (SSSR count). The number of sulfone groups is 1. The summed E-state index contributed by atoms with van der Waals surface area (Å²) in [6, 6.07) is 10.9. The normalized spacial score (nSPS) is 12.2. The molecule has 0 saturated heterocycles. The van der Waals surface area contributed by atoms with E-state index in [1.807, 2.05) is 6.92 Å². The van der Waals surface area contributed by atoms with Gasteiger partial charge in [0.1, 0.15) is 11.0 Å². The fourth-order valence-electron chi connectivity index (χ4n) is 2.15. The molecule has 0 radical (unpaired) electrons. The Morgan fingerprint density at radius 2 is 1.73 bits per heavy atom. The van der Waals surface area contributed by atoms with Gasteiger partial charge in [-0.25, -0.2) is 8.42 Å². The molecular weight excluding hydrogens is 360 g/mol. The molecule has 0 unspecified atom stereocenters. The van der Waals surface area contributed by atoms with Gasteiger partial charge in [0, 0.05) is 17.8 Å². The zero-order valence-corrected chi connectivity index (χ0v) is 15.0. The maximum atomic E-state index is 12.5. The average molecular weight is 378 g/mol. The lowest BCUT2D eigenvalue weighted by Crippen LogP contribution is -2.32. The molecular formula is C17H18N2O6S. The molecule has 0 aliphatic carbocycles.